The molecule has 0 radical (unpaired) electrons. The van der Waals surface area contributed by atoms with Crippen molar-refractivity contribution in [1.82, 2.24) is 29.9 Å². The second-order valence-corrected chi connectivity index (χ2v) is 8.83. The van der Waals surface area contributed by atoms with E-state index in [0.29, 0.717) is 18.2 Å². The van der Waals surface area contributed by atoms with E-state index in [2.05, 4.69) is 38.8 Å². The summed E-state index contributed by atoms with van der Waals surface area (Å²) >= 11 is 0. The number of H-pyrrole nitrogens is 1. The lowest BCUT2D eigenvalue weighted by atomic mass is 9.67. The van der Waals surface area contributed by atoms with Crippen molar-refractivity contribution in [3.63, 3.8) is 0 Å². The molecule has 1 saturated carbocycles. The normalized spacial score (nSPS) is 22.1. The predicted molar refractivity (Wildman–Crippen MR) is 102 cm³/mol. The van der Waals surface area contributed by atoms with Crippen molar-refractivity contribution >= 4 is 5.91 Å². The monoisotopic (exact) mass is 370 g/mol. The summed E-state index contributed by atoms with van der Waals surface area (Å²) < 4.78 is 2.21. The van der Waals surface area contributed by atoms with Gasteiger partial charge in [-0.05, 0) is 37.2 Å². The lowest BCUT2D eigenvalue weighted by Gasteiger charge is -2.37. The Bertz CT molecular complexity index is 801. The molecule has 3 heterocycles. The Morgan fingerprint density at radius 3 is 2.78 bits per heavy atom. The molecule has 2 fully saturated rings. The number of hydrogen-bond donors (Lipinski definition) is 1. The topological polar surface area (TPSA) is 79.7 Å². The summed E-state index contributed by atoms with van der Waals surface area (Å²) in [6, 6.07) is 1.84. The number of aryl methyl sites for hydroxylation is 1. The summed E-state index contributed by atoms with van der Waals surface area (Å²) in [5, 5.41) is 15.8. The summed E-state index contributed by atoms with van der Waals surface area (Å²) in [6.07, 6.45) is 7.94. The fourth-order valence-electron chi connectivity index (χ4n) is 5.00. The van der Waals surface area contributed by atoms with Crippen LogP contribution in [0, 0.1) is 18.3 Å². The molecular weight excluding hydrogens is 340 g/mol. The molecule has 1 spiro atoms. The van der Waals surface area contributed by atoms with E-state index < -0.39 is 0 Å². The van der Waals surface area contributed by atoms with Crippen LogP contribution in [0.4, 0.5) is 0 Å². The second-order valence-electron chi connectivity index (χ2n) is 8.83. The number of nitrogens with one attached hydrogen (secondary N) is 1. The Labute approximate surface area is 160 Å². The third-order valence-electron chi connectivity index (χ3n) is 6.23. The van der Waals surface area contributed by atoms with Gasteiger partial charge in [-0.25, -0.2) is 0 Å². The molecule has 1 N–H and O–H groups in total. The minimum absolute atomic E-state index is 0.0294. The third-order valence-corrected chi connectivity index (χ3v) is 6.23. The fraction of sp³-hybridized carbons (Fsp3) is 0.700. The zero-order valence-corrected chi connectivity index (χ0v) is 16.6. The van der Waals surface area contributed by atoms with Gasteiger partial charge in [0.2, 0.25) is 0 Å². The quantitative estimate of drug-likeness (QED) is 0.896. The Morgan fingerprint density at radius 2 is 2.11 bits per heavy atom. The molecule has 1 aliphatic heterocycles. The van der Waals surface area contributed by atoms with Crippen molar-refractivity contribution in [3.8, 4) is 0 Å². The van der Waals surface area contributed by atoms with Crippen LogP contribution < -0.4 is 0 Å². The first-order valence-electron chi connectivity index (χ1n) is 10.2. The number of amides is 1. The molecule has 1 unspecified atom stereocenters. The highest BCUT2D eigenvalue weighted by Gasteiger charge is 2.50. The van der Waals surface area contributed by atoms with Crippen molar-refractivity contribution in [1.29, 1.82) is 0 Å². The molecule has 0 aromatic carbocycles. The zero-order chi connectivity index (χ0) is 19.0. The minimum Gasteiger partial charge on any atom is -0.336 e. The number of aromatic nitrogens is 5. The van der Waals surface area contributed by atoms with E-state index in [0.717, 1.165) is 37.4 Å². The lowest BCUT2D eigenvalue weighted by molar-refractivity contribution is 0.0752. The predicted octanol–water partition coefficient (Wildman–Crippen LogP) is 3.16. The van der Waals surface area contributed by atoms with Crippen LogP contribution in [0.15, 0.2) is 12.4 Å². The first kappa shape index (κ1) is 18.2. The van der Waals surface area contributed by atoms with Gasteiger partial charge in [0.1, 0.15) is 17.8 Å². The number of rotatable bonds is 4. The molecule has 1 amide bonds. The fourth-order valence-corrected chi connectivity index (χ4v) is 5.00. The molecule has 27 heavy (non-hydrogen) atoms. The maximum Gasteiger partial charge on any atom is 0.274 e. The molecule has 146 valence electrons. The molecule has 7 nitrogen and oxygen atoms in total. The van der Waals surface area contributed by atoms with Crippen LogP contribution in [0.1, 0.15) is 73.9 Å². The maximum absolute atomic E-state index is 13.1. The van der Waals surface area contributed by atoms with Crippen molar-refractivity contribution in [2.45, 2.75) is 65.3 Å². The molecule has 4 rings (SSSR count). The highest BCUT2D eigenvalue weighted by molar-refractivity contribution is 5.92. The third kappa shape index (κ3) is 3.39. The molecular formula is C20H30N6O. The Morgan fingerprint density at radius 1 is 1.33 bits per heavy atom. The molecule has 1 aliphatic carbocycles. The molecule has 2 aliphatic rings. The smallest absolute Gasteiger partial charge is 0.274 e. The summed E-state index contributed by atoms with van der Waals surface area (Å²) in [6.45, 7) is 8.78. The molecule has 0 bridgehead atoms. The standard InChI is InChI=1S/C20H30N6O/c1-14(2)10-26-13-21-24-18(26)16-11-25(12-20(16)7-5-4-6-8-20)19(27)17-9-15(3)22-23-17/h9,13-14,16H,4-8,10-12H2,1-3H3,(H,22,23). The van der Waals surface area contributed by atoms with Crippen LogP contribution in [0.25, 0.3) is 0 Å². The average molecular weight is 371 g/mol. The molecule has 2 aromatic rings. The SMILES string of the molecule is Cc1cc(C(=O)N2CC(c3nncn3CC(C)C)C3(CCCCC3)C2)n[nH]1. The second kappa shape index (κ2) is 7.09. The first-order valence-corrected chi connectivity index (χ1v) is 10.2. The Kier molecular flexibility index (Phi) is 4.78. The highest BCUT2D eigenvalue weighted by Crippen LogP contribution is 2.51. The van der Waals surface area contributed by atoms with Crippen molar-refractivity contribution in [2.75, 3.05) is 13.1 Å². The number of carbonyl (C=O) groups excluding carboxylic acids is 1. The van der Waals surface area contributed by atoms with E-state index in [4.69, 9.17) is 0 Å². The van der Waals surface area contributed by atoms with E-state index in [1.54, 1.807) is 0 Å². The highest BCUT2D eigenvalue weighted by atomic mass is 16.2. The van der Waals surface area contributed by atoms with E-state index in [1.807, 2.05) is 24.2 Å². The van der Waals surface area contributed by atoms with Gasteiger partial charge in [0.05, 0.1) is 0 Å². The zero-order valence-electron chi connectivity index (χ0n) is 16.6. The van der Waals surface area contributed by atoms with Crippen molar-refractivity contribution in [2.24, 2.45) is 11.3 Å². The molecule has 2 aromatic heterocycles. The summed E-state index contributed by atoms with van der Waals surface area (Å²) in [5.41, 5.74) is 1.56. The molecule has 1 atom stereocenters. The van der Waals surface area contributed by atoms with Gasteiger partial charge >= 0.3 is 0 Å². The summed E-state index contributed by atoms with van der Waals surface area (Å²) in [5.74, 6) is 1.87. The number of nitrogens with zero attached hydrogens (tertiary/aromatic N) is 5. The Balaban J connectivity index is 1.65. The van der Waals surface area contributed by atoms with Gasteiger partial charge in [0.15, 0.2) is 0 Å². The number of hydrogen-bond acceptors (Lipinski definition) is 4. The van der Waals surface area contributed by atoms with Crippen LogP contribution >= 0.6 is 0 Å². The van der Waals surface area contributed by atoms with Crippen LogP contribution in [0.3, 0.4) is 0 Å². The van der Waals surface area contributed by atoms with Gasteiger partial charge in [-0.15, -0.1) is 10.2 Å². The van der Waals surface area contributed by atoms with Crippen LogP contribution in [0.5, 0.6) is 0 Å². The van der Waals surface area contributed by atoms with Crippen LogP contribution in [-0.4, -0.2) is 48.9 Å². The van der Waals surface area contributed by atoms with Gasteiger partial charge in [-0.2, -0.15) is 5.10 Å². The van der Waals surface area contributed by atoms with Gasteiger partial charge in [0.25, 0.3) is 5.91 Å². The van der Waals surface area contributed by atoms with Gasteiger partial charge < -0.3 is 9.47 Å². The van der Waals surface area contributed by atoms with Gasteiger partial charge in [0, 0.05) is 31.2 Å². The van der Waals surface area contributed by atoms with Gasteiger partial charge in [-0.1, -0.05) is 33.1 Å². The van der Waals surface area contributed by atoms with E-state index in [-0.39, 0.29) is 17.2 Å². The summed E-state index contributed by atoms with van der Waals surface area (Å²) in [7, 11) is 0. The average Bonchev–Trinajstić information content (AvgIpc) is 3.34. The Hall–Kier alpha value is -2.18. The van der Waals surface area contributed by atoms with Crippen LogP contribution in [0.2, 0.25) is 0 Å². The van der Waals surface area contributed by atoms with E-state index in [9.17, 15) is 4.79 Å². The largest absolute Gasteiger partial charge is 0.336 e. The van der Waals surface area contributed by atoms with Crippen LogP contribution in [-0.2, 0) is 6.54 Å². The van der Waals surface area contributed by atoms with Crippen molar-refractivity contribution < 1.29 is 4.79 Å². The molecule has 1 saturated heterocycles. The number of aromatic amines is 1. The maximum atomic E-state index is 13.1. The number of carbonyl (C=O) groups is 1. The molecule has 7 heteroatoms. The van der Waals surface area contributed by atoms with E-state index >= 15 is 0 Å². The minimum atomic E-state index is 0.0294. The van der Waals surface area contributed by atoms with Gasteiger partial charge in [-0.3, -0.25) is 9.89 Å². The van der Waals surface area contributed by atoms with Crippen molar-refractivity contribution in [3.05, 3.63) is 29.6 Å². The lowest BCUT2D eigenvalue weighted by Crippen LogP contribution is -2.34. The van der Waals surface area contributed by atoms with E-state index in [1.165, 1.54) is 19.3 Å². The number of likely N-dealkylation sites (tertiary alicyclic amines) is 1. The summed E-state index contributed by atoms with van der Waals surface area (Å²) in [4.78, 5) is 15.1. The first-order chi connectivity index (χ1) is 13.0.